The van der Waals surface area contributed by atoms with Crippen LogP contribution in [0.1, 0.15) is 50.4 Å². The Morgan fingerprint density at radius 1 is 1.20 bits per heavy atom. The highest BCUT2D eigenvalue weighted by Crippen LogP contribution is 2.22. The van der Waals surface area contributed by atoms with Crippen LogP contribution in [0.4, 0.5) is 5.69 Å². The van der Waals surface area contributed by atoms with Crippen molar-refractivity contribution >= 4 is 23.5 Å². The zero-order valence-electron chi connectivity index (χ0n) is 15.0. The van der Waals surface area contributed by atoms with E-state index in [-0.39, 0.29) is 23.7 Å². The summed E-state index contributed by atoms with van der Waals surface area (Å²) in [5.41, 5.74) is 0.940. The summed E-state index contributed by atoms with van der Waals surface area (Å²) >= 11 is 0. The lowest BCUT2D eigenvalue weighted by molar-refractivity contribution is -0.143. The number of carbonyl (C=O) groups excluding carboxylic acids is 2. The van der Waals surface area contributed by atoms with E-state index in [0.717, 1.165) is 12.8 Å². The molecule has 1 aromatic rings. The van der Waals surface area contributed by atoms with E-state index in [1.165, 1.54) is 4.90 Å². The number of piperidine rings is 1. The number of carbonyl (C=O) groups is 3. The molecule has 2 rings (SSSR count). The second-order valence-electron chi connectivity index (χ2n) is 6.95. The molecule has 0 aliphatic carbocycles. The molecule has 1 saturated heterocycles. The Kier molecular flexibility index (Phi) is 6.17. The number of benzene rings is 1. The van der Waals surface area contributed by atoms with E-state index in [1.54, 1.807) is 24.3 Å². The summed E-state index contributed by atoms with van der Waals surface area (Å²) in [5.74, 6) is -1.29. The summed E-state index contributed by atoms with van der Waals surface area (Å²) in [6.45, 7) is 6.26. The largest absolute Gasteiger partial charge is 0.480 e. The van der Waals surface area contributed by atoms with Crippen molar-refractivity contribution in [1.82, 2.24) is 4.90 Å². The monoisotopic (exact) mass is 346 g/mol. The van der Waals surface area contributed by atoms with Gasteiger partial charge in [-0.15, -0.1) is 0 Å². The summed E-state index contributed by atoms with van der Waals surface area (Å²) in [4.78, 5) is 37.8. The van der Waals surface area contributed by atoms with Crippen molar-refractivity contribution in [2.45, 2.75) is 46.1 Å². The number of anilines is 1. The SMILES string of the molecule is CC(C)C(C)C(=O)Nc1cccc(C(=O)N2CCCCC2C(=O)O)c1. The summed E-state index contributed by atoms with van der Waals surface area (Å²) < 4.78 is 0. The van der Waals surface area contributed by atoms with E-state index < -0.39 is 12.0 Å². The van der Waals surface area contributed by atoms with Gasteiger partial charge in [-0.1, -0.05) is 26.8 Å². The third kappa shape index (κ3) is 4.59. The molecule has 1 fully saturated rings. The second-order valence-corrected chi connectivity index (χ2v) is 6.95. The van der Waals surface area contributed by atoms with Crippen LogP contribution in [-0.2, 0) is 9.59 Å². The molecule has 2 atom stereocenters. The summed E-state index contributed by atoms with van der Waals surface area (Å²) in [6, 6.07) is 5.91. The lowest BCUT2D eigenvalue weighted by atomic mass is 9.97. The van der Waals surface area contributed by atoms with Gasteiger partial charge in [-0.2, -0.15) is 0 Å². The van der Waals surface area contributed by atoms with Crippen molar-refractivity contribution in [2.24, 2.45) is 11.8 Å². The van der Waals surface area contributed by atoms with E-state index in [9.17, 15) is 19.5 Å². The molecule has 2 N–H and O–H groups in total. The van der Waals surface area contributed by atoms with E-state index in [0.29, 0.717) is 24.2 Å². The summed E-state index contributed by atoms with van der Waals surface area (Å²) in [5, 5.41) is 12.2. The lowest BCUT2D eigenvalue weighted by Crippen LogP contribution is -2.48. The molecule has 2 unspecified atom stereocenters. The molecule has 0 saturated carbocycles. The first-order valence-electron chi connectivity index (χ1n) is 8.76. The molecule has 1 aliphatic rings. The molecule has 6 nitrogen and oxygen atoms in total. The number of aliphatic carboxylic acids is 1. The van der Waals surface area contributed by atoms with Gasteiger partial charge in [-0.05, 0) is 43.4 Å². The van der Waals surface area contributed by atoms with Crippen LogP contribution >= 0.6 is 0 Å². The van der Waals surface area contributed by atoms with Crippen molar-refractivity contribution in [3.8, 4) is 0 Å². The summed E-state index contributed by atoms with van der Waals surface area (Å²) in [6.07, 6.45) is 2.09. The molecule has 2 amide bonds. The summed E-state index contributed by atoms with van der Waals surface area (Å²) in [7, 11) is 0. The van der Waals surface area contributed by atoms with Crippen molar-refractivity contribution in [3.63, 3.8) is 0 Å². The topological polar surface area (TPSA) is 86.7 Å². The normalized spacial score (nSPS) is 18.7. The van der Waals surface area contributed by atoms with Crippen LogP contribution in [0.2, 0.25) is 0 Å². The average molecular weight is 346 g/mol. The molecule has 1 aromatic carbocycles. The minimum Gasteiger partial charge on any atom is -0.480 e. The maximum absolute atomic E-state index is 12.7. The number of amides is 2. The van der Waals surface area contributed by atoms with Gasteiger partial charge in [0, 0.05) is 23.7 Å². The average Bonchev–Trinajstić information content (AvgIpc) is 2.60. The molecule has 136 valence electrons. The molecule has 1 heterocycles. The van der Waals surface area contributed by atoms with Gasteiger partial charge in [0.1, 0.15) is 6.04 Å². The highest BCUT2D eigenvalue weighted by Gasteiger charge is 2.32. The van der Waals surface area contributed by atoms with Gasteiger partial charge in [-0.25, -0.2) is 4.79 Å². The minimum atomic E-state index is -0.969. The van der Waals surface area contributed by atoms with Crippen LogP contribution in [0.5, 0.6) is 0 Å². The standard InChI is InChI=1S/C19H26N2O4/c1-12(2)13(3)17(22)20-15-8-6-7-14(11-15)18(23)21-10-5-4-9-16(21)19(24)25/h6-8,11-13,16H,4-5,9-10H2,1-3H3,(H,20,22)(H,24,25). The van der Waals surface area contributed by atoms with E-state index in [2.05, 4.69) is 5.32 Å². The van der Waals surface area contributed by atoms with Crippen molar-refractivity contribution < 1.29 is 19.5 Å². The maximum atomic E-state index is 12.7. The van der Waals surface area contributed by atoms with E-state index in [1.807, 2.05) is 20.8 Å². The number of nitrogens with zero attached hydrogens (tertiary/aromatic N) is 1. The lowest BCUT2D eigenvalue weighted by Gasteiger charge is -2.33. The second kappa shape index (κ2) is 8.14. The van der Waals surface area contributed by atoms with Crippen LogP contribution in [0.3, 0.4) is 0 Å². The van der Waals surface area contributed by atoms with E-state index >= 15 is 0 Å². The molecule has 1 aliphatic heterocycles. The smallest absolute Gasteiger partial charge is 0.326 e. The first-order chi connectivity index (χ1) is 11.8. The Balaban J connectivity index is 2.16. The van der Waals surface area contributed by atoms with Crippen LogP contribution in [0, 0.1) is 11.8 Å². The number of rotatable bonds is 5. The number of nitrogens with one attached hydrogen (secondary N) is 1. The van der Waals surface area contributed by atoms with Gasteiger partial charge in [0.25, 0.3) is 5.91 Å². The number of hydrogen-bond acceptors (Lipinski definition) is 3. The van der Waals surface area contributed by atoms with E-state index in [4.69, 9.17) is 0 Å². The van der Waals surface area contributed by atoms with Gasteiger partial charge in [-0.3, -0.25) is 9.59 Å². The van der Waals surface area contributed by atoms with Gasteiger partial charge < -0.3 is 15.3 Å². The number of likely N-dealkylation sites (tertiary alicyclic amines) is 1. The van der Waals surface area contributed by atoms with Crippen LogP contribution in [-0.4, -0.2) is 40.4 Å². The minimum absolute atomic E-state index is 0.0963. The molecule has 25 heavy (non-hydrogen) atoms. The van der Waals surface area contributed by atoms with Crippen LogP contribution < -0.4 is 5.32 Å². The zero-order valence-corrected chi connectivity index (χ0v) is 15.0. The fraction of sp³-hybridized carbons (Fsp3) is 0.526. The number of carboxylic acid groups (broad SMARTS) is 1. The molecule has 6 heteroatoms. The van der Waals surface area contributed by atoms with Crippen LogP contribution in [0.15, 0.2) is 24.3 Å². The highest BCUT2D eigenvalue weighted by atomic mass is 16.4. The Bertz CT molecular complexity index is 657. The molecule has 0 aromatic heterocycles. The highest BCUT2D eigenvalue weighted by molar-refractivity contribution is 5.99. The molecular weight excluding hydrogens is 320 g/mol. The molecule has 0 bridgehead atoms. The Hall–Kier alpha value is -2.37. The number of hydrogen-bond donors (Lipinski definition) is 2. The predicted molar refractivity (Wildman–Crippen MR) is 95.4 cm³/mol. The van der Waals surface area contributed by atoms with Crippen molar-refractivity contribution in [2.75, 3.05) is 11.9 Å². The fourth-order valence-electron chi connectivity index (χ4n) is 2.89. The Morgan fingerprint density at radius 2 is 1.92 bits per heavy atom. The van der Waals surface area contributed by atoms with Crippen LogP contribution in [0.25, 0.3) is 0 Å². The van der Waals surface area contributed by atoms with Crippen molar-refractivity contribution in [3.05, 3.63) is 29.8 Å². The van der Waals surface area contributed by atoms with Gasteiger partial charge >= 0.3 is 5.97 Å². The molecule has 0 spiro atoms. The maximum Gasteiger partial charge on any atom is 0.326 e. The van der Waals surface area contributed by atoms with Crippen molar-refractivity contribution in [1.29, 1.82) is 0 Å². The zero-order chi connectivity index (χ0) is 18.6. The fourth-order valence-corrected chi connectivity index (χ4v) is 2.89. The third-order valence-corrected chi connectivity index (χ3v) is 4.84. The quantitative estimate of drug-likeness (QED) is 0.858. The first kappa shape index (κ1) is 19.0. The van der Waals surface area contributed by atoms with Gasteiger partial charge in [0.2, 0.25) is 5.91 Å². The molecular formula is C19H26N2O4. The van der Waals surface area contributed by atoms with Gasteiger partial charge in [0.05, 0.1) is 0 Å². The number of carboxylic acids is 1. The predicted octanol–water partition coefficient (Wildman–Crippen LogP) is 3.00. The van der Waals surface area contributed by atoms with Gasteiger partial charge in [0.15, 0.2) is 0 Å². The third-order valence-electron chi connectivity index (χ3n) is 4.84. The Labute approximate surface area is 148 Å². The Morgan fingerprint density at radius 3 is 2.56 bits per heavy atom. The first-order valence-corrected chi connectivity index (χ1v) is 8.76. The molecule has 0 radical (unpaired) electrons.